The van der Waals surface area contributed by atoms with Crippen LogP contribution in [0.15, 0.2) is 33.9 Å². The number of carbonyl (C=O) groups excluding carboxylic acids is 2. The van der Waals surface area contributed by atoms with Gasteiger partial charge in [0.25, 0.3) is 0 Å². The molecule has 9 heteroatoms. The van der Waals surface area contributed by atoms with Gasteiger partial charge in [-0.25, -0.2) is 9.78 Å². The molecule has 3 aromatic heterocycles. The Bertz CT molecular complexity index is 1130. The number of rotatable bonds is 10. The van der Waals surface area contributed by atoms with Crippen LogP contribution in [0.2, 0.25) is 0 Å². The quantitative estimate of drug-likeness (QED) is 0.240. The zero-order valence-corrected chi connectivity index (χ0v) is 20.6. The molecule has 3 rings (SSSR count). The number of carbonyl (C=O) groups is 2. The predicted molar refractivity (Wildman–Crippen MR) is 125 cm³/mol. The van der Waals surface area contributed by atoms with Crippen molar-refractivity contribution in [3.05, 3.63) is 63.9 Å². The van der Waals surface area contributed by atoms with Crippen molar-refractivity contribution in [1.29, 1.82) is 0 Å². The van der Waals surface area contributed by atoms with Crippen LogP contribution in [0.25, 0.3) is 0 Å². The third-order valence-corrected chi connectivity index (χ3v) is 6.53. The summed E-state index contributed by atoms with van der Waals surface area (Å²) in [5.41, 5.74) is 4.43. The van der Waals surface area contributed by atoms with Gasteiger partial charge in [0.05, 0.1) is 23.9 Å². The first-order valence-corrected chi connectivity index (χ1v) is 11.6. The number of methoxy groups -OCH3 is 1. The molecule has 8 nitrogen and oxygen atoms in total. The summed E-state index contributed by atoms with van der Waals surface area (Å²) in [6, 6.07) is 5.23. The lowest BCUT2D eigenvalue weighted by atomic mass is 10.1. The Morgan fingerprint density at radius 3 is 2.64 bits per heavy atom. The lowest BCUT2D eigenvalue weighted by molar-refractivity contribution is 0.0470. The highest BCUT2D eigenvalue weighted by Gasteiger charge is 2.22. The molecule has 1 atom stereocenters. The van der Waals surface area contributed by atoms with E-state index in [1.807, 2.05) is 40.7 Å². The second-order valence-corrected chi connectivity index (χ2v) is 8.87. The van der Waals surface area contributed by atoms with Crippen molar-refractivity contribution in [3.63, 3.8) is 0 Å². The van der Waals surface area contributed by atoms with Gasteiger partial charge in [-0.15, -0.1) is 11.8 Å². The largest absolute Gasteiger partial charge is 0.454 e. The Labute approximate surface area is 197 Å². The lowest BCUT2D eigenvalue weighted by Gasteiger charge is -2.17. The molecule has 0 N–H and O–H groups in total. The lowest BCUT2D eigenvalue weighted by Crippen LogP contribution is -2.17. The highest BCUT2D eigenvalue weighted by molar-refractivity contribution is 7.98. The topological polar surface area (TPSA) is 96.5 Å². The molecule has 176 valence electrons. The molecular weight excluding hydrogens is 442 g/mol. The molecule has 33 heavy (non-hydrogen) atoms. The number of hydrogen-bond acceptors (Lipinski definition) is 8. The molecule has 0 amide bonds. The van der Waals surface area contributed by atoms with Crippen molar-refractivity contribution >= 4 is 23.5 Å². The van der Waals surface area contributed by atoms with Gasteiger partial charge in [-0.1, -0.05) is 5.16 Å². The zero-order valence-electron chi connectivity index (χ0n) is 19.8. The zero-order chi connectivity index (χ0) is 24.1. The number of nitrogens with zero attached hydrogens (tertiary/aromatic N) is 3. The fraction of sp³-hybridized carbons (Fsp3) is 0.417. The maximum atomic E-state index is 12.8. The fourth-order valence-electron chi connectivity index (χ4n) is 3.85. The average Bonchev–Trinajstić information content (AvgIpc) is 3.27. The fourth-order valence-corrected chi connectivity index (χ4v) is 4.99. The molecule has 0 bridgehead atoms. The summed E-state index contributed by atoms with van der Waals surface area (Å²) in [5, 5.41) is 4.48. The normalized spacial score (nSPS) is 12.1. The summed E-state index contributed by atoms with van der Waals surface area (Å²) in [4.78, 5) is 29.9. The third kappa shape index (κ3) is 5.54. The summed E-state index contributed by atoms with van der Waals surface area (Å²) in [6.07, 6.45) is 1.62. The molecule has 0 aliphatic carbocycles. The van der Waals surface area contributed by atoms with Crippen LogP contribution in [-0.4, -0.2) is 46.8 Å². The molecule has 1 unspecified atom stereocenters. The van der Waals surface area contributed by atoms with Crippen LogP contribution in [0.4, 0.5) is 0 Å². The number of esters is 1. The SMILES string of the molecule is COCC(C)n1c(C)cc(C(=O)COC(=O)c2cccnc2SCc2c(C)noc2C)c1C. The first-order valence-electron chi connectivity index (χ1n) is 10.6. The van der Waals surface area contributed by atoms with E-state index in [9.17, 15) is 9.59 Å². The monoisotopic (exact) mass is 471 g/mol. The van der Waals surface area contributed by atoms with E-state index in [1.54, 1.807) is 25.4 Å². The number of thioether (sulfide) groups is 1. The number of ether oxygens (including phenoxy) is 2. The molecule has 0 saturated heterocycles. The minimum Gasteiger partial charge on any atom is -0.454 e. The van der Waals surface area contributed by atoms with Crippen LogP contribution in [0.3, 0.4) is 0 Å². The average molecular weight is 472 g/mol. The van der Waals surface area contributed by atoms with Crippen LogP contribution in [0.5, 0.6) is 0 Å². The van der Waals surface area contributed by atoms with Gasteiger partial charge in [-0.2, -0.15) is 0 Å². The second-order valence-electron chi connectivity index (χ2n) is 7.91. The summed E-state index contributed by atoms with van der Waals surface area (Å²) >= 11 is 1.40. The molecule has 0 aliphatic rings. The number of hydrogen-bond donors (Lipinski definition) is 0. The van der Waals surface area contributed by atoms with E-state index >= 15 is 0 Å². The standard InChI is InChI=1S/C24H29N3O5S/c1-14-10-20(17(4)27(14)15(2)11-30-6)22(28)12-31-24(29)19-8-7-9-25-23(19)33-13-21-16(3)26-32-18(21)5/h7-10,15H,11-13H2,1-6H3. The first-order chi connectivity index (χ1) is 15.7. The number of aromatic nitrogens is 3. The van der Waals surface area contributed by atoms with Crippen molar-refractivity contribution in [3.8, 4) is 0 Å². The van der Waals surface area contributed by atoms with Crippen molar-refractivity contribution in [2.75, 3.05) is 20.3 Å². The highest BCUT2D eigenvalue weighted by Crippen LogP contribution is 2.28. The molecule has 3 aromatic rings. The van der Waals surface area contributed by atoms with Crippen molar-refractivity contribution in [2.24, 2.45) is 0 Å². The first kappa shape index (κ1) is 24.7. The van der Waals surface area contributed by atoms with Crippen LogP contribution in [0.1, 0.15) is 62.1 Å². The molecule has 0 radical (unpaired) electrons. The minimum atomic E-state index is -0.584. The van der Waals surface area contributed by atoms with Crippen molar-refractivity contribution < 1.29 is 23.6 Å². The van der Waals surface area contributed by atoms with Gasteiger partial charge in [0.2, 0.25) is 5.78 Å². The van der Waals surface area contributed by atoms with Gasteiger partial charge in [-0.3, -0.25) is 4.79 Å². The van der Waals surface area contributed by atoms with E-state index in [4.69, 9.17) is 14.0 Å². The Balaban J connectivity index is 1.68. The van der Waals surface area contributed by atoms with Gasteiger partial charge in [0.1, 0.15) is 10.8 Å². The molecule has 0 aliphatic heterocycles. The van der Waals surface area contributed by atoms with Crippen molar-refractivity contribution in [2.45, 2.75) is 51.4 Å². The van der Waals surface area contributed by atoms with E-state index in [2.05, 4.69) is 14.7 Å². The van der Waals surface area contributed by atoms with E-state index in [0.717, 1.165) is 28.4 Å². The molecule has 0 spiro atoms. The van der Waals surface area contributed by atoms with Gasteiger partial charge in [-0.05, 0) is 52.8 Å². The molecular formula is C24H29N3O5S. The number of Topliss-reactive ketones (excluding diaryl/α,β-unsaturated/α-hetero) is 1. The van der Waals surface area contributed by atoms with Crippen LogP contribution in [-0.2, 0) is 15.2 Å². The Kier molecular flexibility index (Phi) is 8.10. The van der Waals surface area contributed by atoms with Crippen LogP contribution < -0.4 is 0 Å². The van der Waals surface area contributed by atoms with E-state index < -0.39 is 5.97 Å². The minimum absolute atomic E-state index is 0.0896. The molecule has 0 aromatic carbocycles. The number of ketones is 1. The summed E-state index contributed by atoms with van der Waals surface area (Å²) < 4.78 is 17.9. The number of pyridine rings is 1. The maximum absolute atomic E-state index is 12.8. The predicted octanol–water partition coefficient (Wildman–Crippen LogP) is 4.64. The van der Waals surface area contributed by atoms with Gasteiger partial charge < -0.3 is 18.6 Å². The smallest absolute Gasteiger partial charge is 0.341 e. The van der Waals surface area contributed by atoms with Gasteiger partial charge in [0, 0.05) is 41.6 Å². The third-order valence-electron chi connectivity index (χ3n) is 5.49. The van der Waals surface area contributed by atoms with Crippen LogP contribution in [0, 0.1) is 27.7 Å². The maximum Gasteiger partial charge on any atom is 0.341 e. The van der Waals surface area contributed by atoms with E-state index in [-0.39, 0.29) is 18.4 Å². The molecule has 0 fully saturated rings. The summed E-state index contributed by atoms with van der Waals surface area (Å²) in [5.74, 6) is 0.465. The molecule has 0 saturated carbocycles. The van der Waals surface area contributed by atoms with E-state index in [1.165, 1.54) is 11.8 Å². The highest BCUT2D eigenvalue weighted by atomic mass is 32.2. The van der Waals surface area contributed by atoms with Gasteiger partial charge >= 0.3 is 5.97 Å². The van der Waals surface area contributed by atoms with E-state index in [0.29, 0.717) is 28.5 Å². The summed E-state index contributed by atoms with van der Waals surface area (Å²) in [6.45, 7) is 9.78. The number of aryl methyl sites for hydroxylation is 3. The Morgan fingerprint density at radius 1 is 1.21 bits per heavy atom. The van der Waals surface area contributed by atoms with Crippen molar-refractivity contribution in [1.82, 2.24) is 14.7 Å². The van der Waals surface area contributed by atoms with Gasteiger partial charge in [0.15, 0.2) is 6.61 Å². The Hall–Kier alpha value is -2.91. The molecule has 3 heterocycles. The van der Waals surface area contributed by atoms with Crippen LogP contribution >= 0.6 is 11.8 Å². The Morgan fingerprint density at radius 2 is 1.97 bits per heavy atom. The second kappa shape index (κ2) is 10.8. The summed E-state index contributed by atoms with van der Waals surface area (Å²) in [7, 11) is 1.65.